The second-order valence-electron chi connectivity index (χ2n) is 5.65. The summed E-state index contributed by atoms with van der Waals surface area (Å²) in [7, 11) is 0. The van der Waals surface area contributed by atoms with Gasteiger partial charge in [0.15, 0.2) is 5.75 Å². The molecule has 0 saturated carbocycles. The van der Waals surface area contributed by atoms with E-state index in [1.54, 1.807) is 27.7 Å². The van der Waals surface area contributed by atoms with Crippen LogP contribution in [0.1, 0.15) is 27.7 Å². The first-order chi connectivity index (χ1) is 9.63. The molecule has 0 atom stereocenters. The van der Waals surface area contributed by atoms with Crippen molar-refractivity contribution in [3.05, 3.63) is 28.3 Å². The van der Waals surface area contributed by atoms with E-state index >= 15 is 0 Å². The summed E-state index contributed by atoms with van der Waals surface area (Å²) in [5, 5.41) is 23.0. The van der Waals surface area contributed by atoms with Gasteiger partial charge in [0.05, 0.1) is 16.4 Å². The lowest BCUT2D eigenvalue weighted by Crippen LogP contribution is -2.31. The van der Waals surface area contributed by atoms with Crippen LogP contribution in [0.3, 0.4) is 0 Å². The lowest BCUT2D eigenvalue weighted by molar-refractivity contribution is -0.386. The highest BCUT2D eigenvalue weighted by Crippen LogP contribution is 2.31. The Labute approximate surface area is 123 Å². The Morgan fingerprint density at radius 3 is 2.57 bits per heavy atom. The van der Waals surface area contributed by atoms with Crippen molar-refractivity contribution in [3.63, 3.8) is 0 Å². The van der Waals surface area contributed by atoms with E-state index in [-0.39, 0.29) is 24.1 Å². The van der Waals surface area contributed by atoms with Crippen LogP contribution in [-0.4, -0.2) is 28.6 Å². The highest BCUT2D eigenvalue weighted by molar-refractivity contribution is 5.74. The molecule has 0 unspecified atom stereocenters. The molecule has 0 bridgehead atoms. The number of ether oxygens (including phenoxy) is 1. The molecule has 0 radical (unpaired) electrons. The average molecular weight is 296 g/mol. The van der Waals surface area contributed by atoms with Gasteiger partial charge >= 0.3 is 11.7 Å². The third-order valence-electron chi connectivity index (χ3n) is 2.83. The number of carboxylic acid groups (broad SMARTS) is 1. The van der Waals surface area contributed by atoms with Crippen LogP contribution >= 0.6 is 0 Å². The largest absolute Gasteiger partial charge is 0.484 e. The zero-order valence-electron chi connectivity index (χ0n) is 12.5. The van der Waals surface area contributed by atoms with E-state index in [1.807, 2.05) is 0 Å². The number of benzene rings is 1. The van der Waals surface area contributed by atoms with Gasteiger partial charge in [0.2, 0.25) is 0 Å². The molecule has 0 aliphatic rings. The Hall–Kier alpha value is -2.31. The third kappa shape index (κ3) is 4.62. The first-order valence-electron chi connectivity index (χ1n) is 6.56. The molecule has 7 nitrogen and oxygen atoms in total. The van der Waals surface area contributed by atoms with Crippen molar-refractivity contribution in [2.45, 2.75) is 33.8 Å². The molecule has 0 aromatic heterocycles. The normalized spacial score (nSPS) is 11.3. The molecule has 0 saturated heterocycles. The van der Waals surface area contributed by atoms with E-state index in [0.29, 0.717) is 5.69 Å². The third-order valence-corrected chi connectivity index (χ3v) is 2.83. The highest BCUT2D eigenvalue weighted by atomic mass is 16.6. The molecule has 0 aliphatic heterocycles. The highest BCUT2D eigenvalue weighted by Gasteiger charge is 2.27. The van der Waals surface area contributed by atoms with Crippen LogP contribution in [-0.2, 0) is 4.79 Å². The van der Waals surface area contributed by atoms with Crippen LogP contribution in [0.5, 0.6) is 5.75 Å². The predicted octanol–water partition coefficient (Wildman–Crippen LogP) is 2.90. The number of hydrogen-bond donors (Lipinski definition) is 2. The molecule has 21 heavy (non-hydrogen) atoms. The molecule has 0 heterocycles. The minimum absolute atomic E-state index is 0.119. The molecule has 1 rings (SSSR count). The van der Waals surface area contributed by atoms with E-state index in [2.05, 4.69) is 5.32 Å². The van der Waals surface area contributed by atoms with Gasteiger partial charge in [-0.2, -0.15) is 0 Å². The minimum atomic E-state index is -0.944. The van der Waals surface area contributed by atoms with Crippen LogP contribution in [0.15, 0.2) is 18.2 Å². The molecular formula is C14H20N2O5. The van der Waals surface area contributed by atoms with Gasteiger partial charge in [-0.25, -0.2) is 0 Å². The van der Waals surface area contributed by atoms with Gasteiger partial charge in [0.1, 0.15) is 0 Å². The second-order valence-corrected chi connectivity index (χ2v) is 5.65. The average Bonchev–Trinajstić information content (AvgIpc) is 2.35. The zero-order valence-corrected chi connectivity index (χ0v) is 12.5. The molecular weight excluding hydrogens is 276 g/mol. The van der Waals surface area contributed by atoms with E-state index in [0.717, 1.165) is 0 Å². The predicted molar refractivity (Wildman–Crippen MR) is 78.8 cm³/mol. The molecule has 0 amide bonds. The molecule has 0 fully saturated rings. The standard InChI is InChI=1S/C14H20N2O5/c1-9(2)21-12-7-10(5-6-11(12)16(19)20)15-8-14(3,4)13(17)18/h5-7,9,15H,8H2,1-4H3,(H,17,18). The maximum absolute atomic E-state index is 11.0. The van der Waals surface area contributed by atoms with E-state index in [4.69, 9.17) is 9.84 Å². The number of aliphatic carboxylic acids is 1. The lowest BCUT2D eigenvalue weighted by Gasteiger charge is -2.20. The van der Waals surface area contributed by atoms with Crippen molar-refractivity contribution >= 4 is 17.3 Å². The van der Waals surface area contributed by atoms with Crippen molar-refractivity contribution < 1.29 is 19.6 Å². The van der Waals surface area contributed by atoms with Crippen LogP contribution < -0.4 is 10.1 Å². The van der Waals surface area contributed by atoms with Crippen molar-refractivity contribution in [3.8, 4) is 5.75 Å². The number of rotatable bonds is 7. The van der Waals surface area contributed by atoms with Gasteiger partial charge in [-0.15, -0.1) is 0 Å². The molecule has 1 aromatic carbocycles. The summed E-state index contributed by atoms with van der Waals surface area (Å²) in [6, 6.07) is 4.38. The van der Waals surface area contributed by atoms with Gasteiger partial charge in [-0.1, -0.05) is 0 Å². The maximum Gasteiger partial charge on any atom is 0.311 e. The summed E-state index contributed by atoms with van der Waals surface area (Å²) in [5.41, 5.74) is -0.488. The summed E-state index contributed by atoms with van der Waals surface area (Å²) >= 11 is 0. The van der Waals surface area contributed by atoms with Crippen LogP contribution in [0.25, 0.3) is 0 Å². The lowest BCUT2D eigenvalue weighted by atomic mass is 9.94. The zero-order chi connectivity index (χ0) is 16.2. The summed E-state index contributed by atoms with van der Waals surface area (Å²) in [6.07, 6.45) is -0.200. The van der Waals surface area contributed by atoms with Gasteiger partial charge in [0, 0.05) is 24.4 Å². The van der Waals surface area contributed by atoms with Gasteiger partial charge in [0.25, 0.3) is 0 Å². The van der Waals surface area contributed by atoms with Crippen molar-refractivity contribution in [1.29, 1.82) is 0 Å². The first kappa shape index (κ1) is 16.7. The Kier molecular flexibility index (Phi) is 5.12. The fourth-order valence-electron chi connectivity index (χ4n) is 1.52. The fraction of sp³-hybridized carbons (Fsp3) is 0.500. The Morgan fingerprint density at radius 1 is 1.48 bits per heavy atom. The monoisotopic (exact) mass is 296 g/mol. The number of carbonyl (C=O) groups is 1. The number of nitrogens with one attached hydrogen (secondary N) is 1. The maximum atomic E-state index is 11.0. The van der Waals surface area contributed by atoms with Gasteiger partial charge in [-0.05, 0) is 33.8 Å². The Balaban J connectivity index is 2.95. The minimum Gasteiger partial charge on any atom is -0.484 e. The number of nitro groups is 1. The molecule has 116 valence electrons. The molecule has 7 heteroatoms. The van der Waals surface area contributed by atoms with Crippen molar-refractivity contribution in [2.75, 3.05) is 11.9 Å². The molecule has 1 aromatic rings. The van der Waals surface area contributed by atoms with Crippen molar-refractivity contribution in [2.24, 2.45) is 5.41 Å². The van der Waals surface area contributed by atoms with Gasteiger partial charge < -0.3 is 15.2 Å². The summed E-state index contributed by atoms with van der Waals surface area (Å²) in [6.45, 7) is 6.94. The SMILES string of the molecule is CC(C)Oc1cc(NCC(C)(C)C(=O)O)ccc1[N+](=O)[O-]. The first-order valence-corrected chi connectivity index (χ1v) is 6.56. The van der Waals surface area contributed by atoms with Gasteiger partial charge in [-0.3, -0.25) is 14.9 Å². The number of anilines is 1. The van der Waals surface area contributed by atoms with Crippen LogP contribution in [0.2, 0.25) is 0 Å². The summed E-state index contributed by atoms with van der Waals surface area (Å²) in [5.74, 6) is -0.760. The second kappa shape index (κ2) is 6.43. The number of nitrogens with zero attached hydrogens (tertiary/aromatic N) is 1. The number of hydrogen-bond acceptors (Lipinski definition) is 5. The van der Waals surface area contributed by atoms with Crippen molar-refractivity contribution in [1.82, 2.24) is 0 Å². The smallest absolute Gasteiger partial charge is 0.311 e. The fourth-order valence-corrected chi connectivity index (χ4v) is 1.52. The van der Waals surface area contributed by atoms with E-state index < -0.39 is 16.3 Å². The molecule has 0 aliphatic carbocycles. The van der Waals surface area contributed by atoms with Crippen LogP contribution in [0, 0.1) is 15.5 Å². The van der Waals surface area contributed by atoms with Crippen LogP contribution in [0.4, 0.5) is 11.4 Å². The van der Waals surface area contributed by atoms with E-state index in [1.165, 1.54) is 18.2 Å². The summed E-state index contributed by atoms with van der Waals surface area (Å²) in [4.78, 5) is 21.5. The quantitative estimate of drug-likeness (QED) is 0.592. The molecule has 0 spiro atoms. The number of carboxylic acids is 1. The van der Waals surface area contributed by atoms with E-state index in [9.17, 15) is 14.9 Å². The number of nitro benzene ring substituents is 1. The topological polar surface area (TPSA) is 102 Å². The summed E-state index contributed by atoms with van der Waals surface area (Å²) < 4.78 is 5.43. The Morgan fingerprint density at radius 2 is 2.10 bits per heavy atom. The Bertz CT molecular complexity index is 540. The molecule has 2 N–H and O–H groups in total.